The van der Waals surface area contributed by atoms with Crippen LogP contribution in [0, 0.1) is 0 Å². The fourth-order valence-corrected chi connectivity index (χ4v) is 2.05. The summed E-state index contributed by atoms with van der Waals surface area (Å²) in [5.41, 5.74) is 0. The van der Waals surface area contributed by atoms with Crippen molar-refractivity contribution in [2.45, 2.75) is 6.42 Å². The third-order valence-corrected chi connectivity index (χ3v) is 2.89. The van der Waals surface area contributed by atoms with Gasteiger partial charge in [0.2, 0.25) is 0 Å². The van der Waals surface area contributed by atoms with Crippen LogP contribution in [-0.4, -0.2) is 11.1 Å². The van der Waals surface area contributed by atoms with E-state index in [-0.39, 0.29) is 18.8 Å². The van der Waals surface area contributed by atoms with Gasteiger partial charge in [0.25, 0.3) is 0 Å². The van der Waals surface area contributed by atoms with Crippen LogP contribution in [0.25, 0.3) is 0 Å². The molecule has 0 saturated heterocycles. The topological polar surface area (TPSA) is 37.3 Å². The summed E-state index contributed by atoms with van der Waals surface area (Å²) in [5, 5.41) is 8.81. The molecule has 12 heavy (non-hydrogen) atoms. The lowest BCUT2D eigenvalue weighted by atomic mass is 10.3. The zero-order chi connectivity index (χ0) is 8.43. The number of hydrogen-bond donors (Lipinski definition) is 1. The maximum atomic E-state index is 10.2. The summed E-state index contributed by atoms with van der Waals surface area (Å²) in [7, 11) is 0. The molecular formula is C6H5Cl3O2S. The molecule has 0 amide bonds. The first-order valence-electron chi connectivity index (χ1n) is 2.75. The standard InChI is InChI=1S/C6H4Cl2O2S.ClH/c7-4-1-3(2-5(9)10)11-6(4)8;/h1H,2H2,(H,9,10);1H. The van der Waals surface area contributed by atoms with Gasteiger partial charge in [-0.3, -0.25) is 4.79 Å². The molecule has 0 fully saturated rings. The Bertz CT molecular complexity index is 265. The largest absolute Gasteiger partial charge is 0.481 e. The van der Waals surface area contributed by atoms with Crippen LogP contribution in [0.15, 0.2) is 6.07 Å². The van der Waals surface area contributed by atoms with E-state index in [0.29, 0.717) is 14.2 Å². The second kappa shape index (κ2) is 4.92. The third-order valence-electron chi connectivity index (χ3n) is 1.02. The zero-order valence-corrected chi connectivity index (χ0v) is 8.86. The molecule has 68 valence electrons. The summed E-state index contributed by atoms with van der Waals surface area (Å²) >= 11 is 12.4. The monoisotopic (exact) mass is 246 g/mol. The maximum absolute atomic E-state index is 10.2. The van der Waals surface area contributed by atoms with Crippen LogP contribution in [0.4, 0.5) is 0 Å². The Kier molecular flexibility index (Phi) is 4.94. The summed E-state index contributed by atoms with van der Waals surface area (Å²) in [5.74, 6) is -0.875. The van der Waals surface area contributed by atoms with E-state index in [1.54, 1.807) is 6.07 Å². The lowest BCUT2D eigenvalue weighted by molar-refractivity contribution is -0.136. The van der Waals surface area contributed by atoms with Crippen LogP contribution in [0.3, 0.4) is 0 Å². The maximum Gasteiger partial charge on any atom is 0.308 e. The summed E-state index contributed by atoms with van der Waals surface area (Å²) in [6.45, 7) is 0. The summed E-state index contributed by atoms with van der Waals surface area (Å²) in [4.78, 5) is 10.9. The van der Waals surface area contributed by atoms with Gasteiger partial charge in [-0.25, -0.2) is 0 Å². The van der Waals surface area contributed by atoms with Gasteiger partial charge in [-0.05, 0) is 6.07 Å². The molecule has 1 N–H and O–H groups in total. The van der Waals surface area contributed by atoms with E-state index in [0.717, 1.165) is 0 Å². The smallest absolute Gasteiger partial charge is 0.308 e. The summed E-state index contributed by atoms with van der Waals surface area (Å²) < 4.78 is 0.447. The molecule has 1 heterocycles. The Hall–Kier alpha value is 0.0400. The van der Waals surface area contributed by atoms with Crippen LogP contribution in [0.5, 0.6) is 0 Å². The molecular weight excluding hydrogens is 242 g/mol. The van der Waals surface area contributed by atoms with Gasteiger partial charge in [0.15, 0.2) is 0 Å². The Balaban J connectivity index is 0.00000121. The van der Waals surface area contributed by atoms with Crippen molar-refractivity contribution in [1.82, 2.24) is 0 Å². The predicted octanol–water partition coefficient (Wildman–Crippen LogP) is 3.10. The molecule has 0 spiro atoms. The Morgan fingerprint density at radius 1 is 1.58 bits per heavy atom. The van der Waals surface area contributed by atoms with E-state index in [1.807, 2.05) is 0 Å². The Morgan fingerprint density at radius 3 is 2.50 bits per heavy atom. The highest BCUT2D eigenvalue weighted by Crippen LogP contribution is 2.31. The van der Waals surface area contributed by atoms with Gasteiger partial charge in [-0.1, -0.05) is 23.2 Å². The van der Waals surface area contributed by atoms with E-state index in [2.05, 4.69) is 0 Å². The Labute approximate surface area is 89.5 Å². The quantitative estimate of drug-likeness (QED) is 0.872. The van der Waals surface area contributed by atoms with Gasteiger partial charge < -0.3 is 5.11 Å². The molecule has 1 rings (SSSR count). The Morgan fingerprint density at radius 2 is 2.17 bits per heavy atom. The van der Waals surface area contributed by atoms with Crippen molar-refractivity contribution in [3.05, 3.63) is 20.3 Å². The van der Waals surface area contributed by atoms with Gasteiger partial charge >= 0.3 is 5.97 Å². The first-order valence-corrected chi connectivity index (χ1v) is 4.32. The number of halogens is 3. The second-order valence-electron chi connectivity index (χ2n) is 1.90. The summed E-state index contributed by atoms with van der Waals surface area (Å²) in [6, 6.07) is 1.57. The van der Waals surface area contributed by atoms with Gasteiger partial charge in [-0.15, -0.1) is 23.7 Å². The zero-order valence-electron chi connectivity index (χ0n) is 5.71. The minimum atomic E-state index is -0.875. The van der Waals surface area contributed by atoms with E-state index >= 15 is 0 Å². The minimum Gasteiger partial charge on any atom is -0.481 e. The van der Waals surface area contributed by atoms with Crippen molar-refractivity contribution in [3.8, 4) is 0 Å². The molecule has 0 aliphatic carbocycles. The number of thiophene rings is 1. The number of carboxylic acids is 1. The molecule has 0 atom stereocenters. The summed E-state index contributed by atoms with van der Waals surface area (Å²) in [6.07, 6.45) is -0.0168. The fourth-order valence-electron chi connectivity index (χ4n) is 0.628. The molecule has 0 bridgehead atoms. The number of rotatable bonds is 2. The molecule has 0 radical (unpaired) electrons. The van der Waals surface area contributed by atoms with Crippen LogP contribution < -0.4 is 0 Å². The molecule has 0 aliphatic heterocycles. The number of aliphatic carboxylic acids is 1. The molecule has 6 heteroatoms. The molecule has 0 saturated carbocycles. The van der Waals surface area contributed by atoms with Gasteiger partial charge in [-0.2, -0.15) is 0 Å². The highest BCUT2D eigenvalue weighted by atomic mass is 35.5. The first-order chi connectivity index (χ1) is 5.09. The average molecular weight is 248 g/mol. The third kappa shape index (κ3) is 3.19. The fraction of sp³-hybridized carbons (Fsp3) is 0.167. The van der Waals surface area contributed by atoms with Crippen LogP contribution in [0.1, 0.15) is 4.88 Å². The van der Waals surface area contributed by atoms with E-state index in [4.69, 9.17) is 28.3 Å². The number of carboxylic acid groups (broad SMARTS) is 1. The molecule has 0 aliphatic rings. The predicted molar refractivity (Wildman–Crippen MR) is 52.9 cm³/mol. The van der Waals surface area contributed by atoms with Gasteiger partial charge in [0.05, 0.1) is 11.4 Å². The lowest BCUT2D eigenvalue weighted by Gasteiger charge is -1.85. The normalized spacial score (nSPS) is 9.17. The van der Waals surface area contributed by atoms with E-state index < -0.39 is 5.97 Å². The highest BCUT2D eigenvalue weighted by Gasteiger charge is 2.07. The molecule has 0 unspecified atom stereocenters. The van der Waals surface area contributed by atoms with Crippen molar-refractivity contribution in [2.24, 2.45) is 0 Å². The van der Waals surface area contributed by atoms with Crippen molar-refractivity contribution in [2.75, 3.05) is 0 Å². The minimum absolute atomic E-state index is 0. The molecule has 0 aromatic carbocycles. The van der Waals surface area contributed by atoms with Crippen LogP contribution in [-0.2, 0) is 11.2 Å². The van der Waals surface area contributed by atoms with Crippen molar-refractivity contribution >= 4 is 52.9 Å². The van der Waals surface area contributed by atoms with Gasteiger partial charge in [0.1, 0.15) is 4.34 Å². The van der Waals surface area contributed by atoms with Crippen molar-refractivity contribution < 1.29 is 9.90 Å². The average Bonchev–Trinajstić information content (AvgIpc) is 2.10. The second-order valence-corrected chi connectivity index (χ2v) is 4.05. The van der Waals surface area contributed by atoms with Crippen molar-refractivity contribution in [3.63, 3.8) is 0 Å². The SMILES string of the molecule is Cl.O=C(O)Cc1cc(Cl)c(Cl)s1. The molecule has 1 aromatic rings. The van der Waals surface area contributed by atoms with Gasteiger partial charge in [0, 0.05) is 4.88 Å². The number of hydrogen-bond acceptors (Lipinski definition) is 2. The highest BCUT2D eigenvalue weighted by molar-refractivity contribution is 7.17. The van der Waals surface area contributed by atoms with Crippen LogP contribution in [0.2, 0.25) is 9.36 Å². The van der Waals surface area contributed by atoms with Crippen LogP contribution >= 0.6 is 46.9 Å². The van der Waals surface area contributed by atoms with Crippen molar-refractivity contribution in [1.29, 1.82) is 0 Å². The molecule has 2 nitrogen and oxygen atoms in total. The first kappa shape index (κ1) is 12.0. The molecule has 1 aromatic heterocycles. The van der Waals surface area contributed by atoms with E-state index in [9.17, 15) is 4.79 Å². The van der Waals surface area contributed by atoms with E-state index in [1.165, 1.54) is 11.3 Å². The lowest BCUT2D eigenvalue weighted by Crippen LogP contribution is -1.96. The number of carbonyl (C=O) groups is 1.